The minimum absolute atomic E-state index is 0.290. The summed E-state index contributed by atoms with van der Waals surface area (Å²) in [6.45, 7) is 7.88. The van der Waals surface area contributed by atoms with Crippen LogP contribution < -0.4 is 16.4 Å². The van der Waals surface area contributed by atoms with Crippen molar-refractivity contribution in [2.45, 2.75) is 38.8 Å². The van der Waals surface area contributed by atoms with Gasteiger partial charge in [-0.05, 0) is 57.5 Å². The SMILES string of the molecule is CC(NCC(C)N1CCCC1)c1ccc(NC(N)=O)cc1. The molecule has 1 aromatic rings. The third-order valence-electron chi connectivity index (χ3n) is 4.16. The summed E-state index contributed by atoms with van der Waals surface area (Å²) >= 11 is 0. The molecule has 1 heterocycles. The van der Waals surface area contributed by atoms with E-state index in [1.165, 1.54) is 31.5 Å². The van der Waals surface area contributed by atoms with E-state index < -0.39 is 6.03 Å². The maximum absolute atomic E-state index is 10.8. The number of nitrogens with two attached hydrogens (primary N) is 1. The quantitative estimate of drug-likeness (QED) is 0.753. The Bertz CT molecular complexity index is 454. The number of rotatable bonds is 6. The fraction of sp³-hybridized carbons (Fsp3) is 0.562. The maximum atomic E-state index is 10.8. The van der Waals surface area contributed by atoms with Crippen molar-refractivity contribution in [3.8, 4) is 0 Å². The number of likely N-dealkylation sites (tertiary alicyclic amines) is 1. The predicted octanol–water partition coefficient (Wildman–Crippen LogP) is 2.31. The molecule has 2 atom stereocenters. The number of anilines is 1. The maximum Gasteiger partial charge on any atom is 0.316 e. The lowest BCUT2D eigenvalue weighted by molar-refractivity contribution is 0.247. The summed E-state index contributed by atoms with van der Waals surface area (Å²) in [4.78, 5) is 13.3. The number of nitrogens with one attached hydrogen (secondary N) is 2. The van der Waals surface area contributed by atoms with Gasteiger partial charge in [-0.3, -0.25) is 4.90 Å². The molecule has 1 saturated heterocycles. The number of benzene rings is 1. The second kappa shape index (κ2) is 7.43. The minimum Gasteiger partial charge on any atom is -0.351 e. The molecule has 1 aromatic carbocycles. The van der Waals surface area contributed by atoms with Gasteiger partial charge in [0.15, 0.2) is 0 Å². The molecule has 0 aromatic heterocycles. The molecule has 21 heavy (non-hydrogen) atoms. The summed E-state index contributed by atoms with van der Waals surface area (Å²) in [6, 6.07) is 8.12. The van der Waals surface area contributed by atoms with Crippen LogP contribution in [0.5, 0.6) is 0 Å². The molecule has 2 amide bonds. The minimum atomic E-state index is -0.534. The molecule has 4 N–H and O–H groups in total. The van der Waals surface area contributed by atoms with Crippen molar-refractivity contribution < 1.29 is 4.79 Å². The van der Waals surface area contributed by atoms with Gasteiger partial charge in [0, 0.05) is 24.3 Å². The molecule has 116 valence electrons. The molecule has 2 rings (SSSR count). The molecule has 1 aliphatic rings. The monoisotopic (exact) mass is 290 g/mol. The summed E-state index contributed by atoms with van der Waals surface area (Å²) in [5, 5.41) is 6.15. The van der Waals surface area contributed by atoms with Crippen molar-refractivity contribution in [3.63, 3.8) is 0 Å². The molecule has 0 radical (unpaired) electrons. The Morgan fingerprint density at radius 3 is 2.43 bits per heavy atom. The van der Waals surface area contributed by atoms with Crippen LogP contribution in [0.2, 0.25) is 0 Å². The summed E-state index contributed by atoms with van der Waals surface area (Å²) in [5.74, 6) is 0. The zero-order chi connectivity index (χ0) is 15.2. The fourth-order valence-corrected chi connectivity index (χ4v) is 2.77. The third-order valence-corrected chi connectivity index (χ3v) is 4.16. The van der Waals surface area contributed by atoms with Crippen LogP contribution in [0.15, 0.2) is 24.3 Å². The van der Waals surface area contributed by atoms with Gasteiger partial charge in [-0.1, -0.05) is 12.1 Å². The zero-order valence-corrected chi connectivity index (χ0v) is 12.9. The number of primary amides is 1. The largest absolute Gasteiger partial charge is 0.351 e. The second-order valence-corrected chi connectivity index (χ2v) is 5.83. The van der Waals surface area contributed by atoms with Crippen LogP contribution in [0.1, 0.15) is 38.3 Å². The molecular formula is C16H26N4O. The van der Waals surface area contributed by atoms with Crippen LogP contribution in [0, 0.1) is 0 Å². The van der Waals surface area contributed by atoms with Gasteiger partial charge in [0.25, 0.3) is 0 Å². The first kappa shape index (κ1) is 15.8. The highest BCUT2D eigenvalue weighted by Gasteiger charge is 2.18. The molecule has 0 spiro atoms. The normalized spacial score (nSPS) is 18.4. The van der Waals surface area contributed by atoms with E-state index in [9.17, 15) is 4.79 Å². The van der Waals surface area contributed by atoms with Gasteiger partial charge >= 0.3 is 6.03 Å². The van der Waals surface area contributed by atoms with Gasteiger partial charge in [-0.2, -0.15) is 0 Å². The first-order valence-corrected chi connectivity index (χ1v) is 7.70. The Hall–Kier alpha value is -1.59. The Morgan fingerprint density at radius 2 is 1.86 bits per heavy atom. The van der Waals surface area contributed by atoms with Gasteiger partial charge in [0.05, 0.1) is 0 Å². The van der Waals surface area contributed by atoms with Crippen molar-refractivity contribution in [1.82, 2.24) is 10.2 Å². The Kier molecular flexibility index (Phi) is 5.59. The van der Waals surface area contributed by atoms with Crippen LogP contribution in [0.3, 0.4) is 0 Å². The molecule has 0 aliphatic carbocycles. The van der Waals surface area contributed by atoms with Crippen LogP contribution in [0.4, 0.5) is 10.5 Å². The molecule has 0 saturated carbocycles. The van der Waals surface area contributed by atoms with Crippen LogP contribution in [-0.4, -0.2) is 36.6 Å². The van der Waals surface area contributed by atoms with Gasteiger partial charge in [-0.15, -0.1) is 0 Å². The van der Waals surface area contributed by atoms with E-state index in [-0.39, 0.29) is 6.04 Å². The van der Waals surface area contributed by atoms with E-state index in [1.807, 2.05) is 24.3 Å². The molecule has 2 unspecified atom stereocenters. The van der Waals surface area contributed by atoms with Gasteiger partial charge in [-0.25, -0.2) is 4.79 Å². The lowest BCUT2D eigenvalue weighted by Crippen LogP contribution is -2.39. The standard InChI is InChI=1S/C16H26N4O/c1-12(20-9-3-4-10-20)11-18-13(2)14-5-7-15(8-6-14)19-16(17)21/h5-8,12-13,18H,3-4,9-11H2,1-2H3,(H3,17,19,21). The molecule has 5 heteroatoms. The average molecular weight is 290 g/mol. The van der Waals surface area contributed by atoms with Crippen molar-refractivity contribution in [1.29, 1.82) is 0 Å². The highest BCUT2D eigenvalue weighted by Crippen LogP contribution is 2.17. The van der Waals surface area contributed by atoms with E-state index in [0.717, 1.165) is 12.2 Å². The van der Waals surface area contributed by atoms with E-state index in [0.29, 0.717) is 6.04 Å². The number of urea groups is 1. The van der Waals surface area contributed by atoms with Gasteiger partial charge in [0.1, 0.15) is 0 Å². The van der Waals surface area contributed by atoms with Crippen molar-refractivity contribution in [2.24, 2.45) is 5.73 Å². The number of carbonyl (C=O) groups excluding carboxylic acids is 1. The molecule has 1 aliphatic heterocycles. The lowest BCUT2D eigenvalue weighted by Gasteiger charge is -2.26. The second-order valence-electron chi connectivity index (χ2n) is 5.83. The highest BCUT2D eigenvalue weighted by molar-refractivity contribution is 5.87. The van der Waals surface area contributed by atoms with Crippen LogP contribution >= 0.6 is 0 Å². The van der Waals surface area contributed by atoms with Crippen LogP contribution in [-0.2, 0) is 0 Å². The van der Waals surface area contributed by atoms with E-state index in [2.05, 4.69) is 29.4 Å². The van der Waals surface area contributed by atoms with Gasteiger partial charge in [0.2, 0.25) is 0 Å². The molecule has 1 fully saturated rings. The Labute approximate surface area is 126 Å². The number of amides is 2. The van der Waals surface area contributed by atoms with Crippen molar-refractivity contribution >= 4 is 11.7 Å². The Morgan fingerprint density at radius 1 is 1.24 bits per heavy atom. The number of nitrogens with zero attached hydrogens (tertiary/aromatic N) is 1. The number of carbonyl (C=O) groups is 1. The predicted molar refractivity (Wildman–Crippen MR) is 86.3 cm³/mol. The van der Waals surface area contributed by atoms with Crippen molar-refractivity contribution in [2.75, 3.05) is 25.0 Å². The van der Waals surface area contributed by atoms with Crippen LogP contribution in [0.25, 0.3) is 0 Å². The smallest absolute Gasteiger partial charge is 0.316 e. The topological polar surface area (TPSA) is 70.4 Å². The summed E-state index contributed by atoms with van der Waals surface area (Å²) in [6.07, 6.45) is 2.66. The van der Waals surface area contributed by atoms with E-state index in [1.54, 1.807) is 0 Å². The lowest BCUT2D eigenvalue weighted by atomic mass is 10.1. The summed E-state index contributed by atoms with van der Waals surface area (Å²) in [7, 11) is 0. The highest BCUT2D eigenvalue weighted by atomic mass is 16.2. The first-order chi connectivity index (χ1) is 10.1. The number of hydrogen-bond donors (Lipinski definition) is 3. The first-order valence-electron chi connectivity index (χ1n) is 7.70. The van der Waals surface area contributed by atoms with E-state index >= 15 is 0 Å². The molecule has 0 bridgehead atoms. The number of hydrogen-bond acceptors (Lipinski definition) is 3. The third kappa shape index (κ3) is 4.72. The van der Waals surface area contributed by atoms with Crippen molar-refractivity contribution in [3.05, 3.63) is 29.8 Å². The fourth-order valence-electron chi connectivity index (χ4n) is 2.77. The molecular weight excluding hydrogens is 264 g/mol. The Balaban J connectivity index is 1.82. The molecule has 5 nitrogen and oxygen atoms in total. The zero-order valence-electron chi connectivity index (χ0n) is 12.9. The summed E-state index contributed by atoms with van der Waals surface area (Å²) < 4.78 is 0. The summed E-state index contributed by atoms with van der Waals surface area (Å²) in [5.41, 5.74) is 7.03. The van der Waals surface area contributed by atoms with E-state index in [4.69, 9.17) is 5.73 Å². The van der Waals surface area contributed by atoms with Gasteiger partial charge < -0.3 is 16.4 Å². The average Bonchev–Trinajstić information content (AvgIpc) is 2.99.